The number of aliphatic hydroxyl groups excluding tert-OH is 1. The van der Waals surface area contributed by atoms with Crippen molar-refractivity contribution in [1.82, 2.24) is 10.2 Å². The molecule has 0 bridgehead atoms. The first-order chi connectivity index (χ1) is 32.3. The Morgan fingerprint density at radius 3 is 1.31 bits per heavy atom. The van der Waals surface area contributed by atoms with Crippen molar-refractivity contribution < 1.29 is 48.7 Å². The number of amides is 2. The molecule has 0 spiro atoms. The molecule has 0 radical (unpaired) electrons. The van der Waals surface area contributed by atoms with Crippen LogP contribution in [0.1, 0.15) is 179 Å². The molecule has 0 unspecified atom stereocenters. The molecule has 3 aromatic carbocycles. The number of aliphatic hydroxyl groups is 1. The quantitative estimate of drug-likeness (QED) is 0.0448. The summed E-state index contributed by atoms with van der Waals surface area (Å²) in [7, 11) is 0. The van der Waals surface area contributed by atoms with Crippen LogP contribution in [0.15, 0.2) is 91.0 Å². The summed E-state index contributed by atoms with van der Waals surface area (Å²) < 4.78 is 16.7. The molecule has 3 rings (SSSR count). The third-order valence-corrected chi connectivity index (χ3v) is 10.9. The Labute approximate surface area is 430 Å². The van der Waals surface area contributed by atoms with E-state index in [0.29, 0.717) is 19.6 Å². The fourth-order valence-electron chi connectivity index (χ4n) is 7.00. The van der Waals surface area contributed by atoms with Crippen molar-refractivity contribution in [2.75, 3.05) is 33.0 Å². The number of nitrogens with one attached hydrogen (secondary N) is 1. The summed E-state index contributed by atoms with van der Waals surface area (Å²) >= 11 is 0. The van der Waals surface area contributed by atoms with E-state index in [9.17, 15) is 24.3 Å². The van der Waals surface area contributed by atoms with Crippen LogP contribution in [-0.4, -0.2) is 99.8 Å². The Morgan fingerprint density at radius 2 is 0.944 bits per heavy atom. The normalized spacial score (nSPS) is 13.2. The zero-order valence-electron chi connectivity index (χ0n) is 44.5. The van der Waals surface area contributed by atoms with Crippen LogP contribution >= 0.6 is 0 Å². The van der Waals surface area contributed by atoms with Crippen LogP contribution in [0.4, 0.5) is 0 Å². The third-order valence-electron chi connectivity index (χ3n) is 10.9. The van der Waals surface area contributed by atoms with Gasteiger partial charge in [-0.25, -0.2) is 4.79 Å². The monoisotopic (exact) mass is 995 g/mol. The van der Waals surface area contributed by atoms with Gasteiger partial charge in [0.1, 0.15) is 11.6 Å². The molecular weight excluding hydrogens is 897 g/mol. The van der Waals surface area contributed by atoms with E-state index in [1.807, 2.05) is 167 Å². The number of hydrogen-bond acceptors (Lipinski definition) is 8. The number of carbonyl (C=O) groups is 4. The van der Waals surface area contributed by atoms with E-state index in [1.54, 1.807) is 6.92 Å². The summed E-state index contributed by atoms with van der Waals surface area (Å²) in [6.45, 7) is 27.0. The number of benzene rings is 3. The van der Waals surface area contributed by atoms with Gasteiger partial charge in [-0.1, -0.05) is 165 Å². The number of carboxylic acid groups (broad SMARTS) is 2. The Morgan fingerprint density at radius 1 is 0.563 bits per heavy atom. The van der Waals surface area contributed by atoms with Crippen molar-refractivity contribution in [3.8, 4) is 0 Å². The maximum Gasteiger partial charge on any atom is 0.326 e. The summed E-state index contributed by atoms with van der Waals surface area (Å²) in [6.07, 6.45) is 7.22. The topological polar surface area (TPSA) is 172 Å². The lowest BCUT2D eigenvalue weighted by Crippen LogP contribution is -2.53. The molecule has 71 heavy (non-hydrogen) atoms. The lowest BCUT2D eigenvalue weighted by Gasteiger charge is -2.38. The van der Waals surface area contributed by atoms with Crippen LogP contribution in [0.25, 0.3) is 0 Å². The van der Waals surface area contributed by atoms with E-state index in [0.717, 1.165) is 36.0 Å². The Bertz CT molecular complexity index is 1770. The molecule has 12 nitrogen and oxygen atoms in total. The van der Waals surface area contributed by atoms with Crippen LogP contribution in [0.5, 0.6) is 0 Å². The van der Waals surface area contributed by atoms with Crippen molar-refractivity contribution >= 4 is 23.8 Å². The Balaban J connectivity index is 0. The molecule has 12 heteroatoms. The van der Waals surface area contributed by atoms with Gasteiger partial charge >= 0.3 is 11.9 Å². The Hall–Kier alpha value is -4.62. The molecule has 0 aliphatic heterocycles. The van der Waals surface area contributed by atoms with Gasteiger partial charge in [-0.15, -0.1) is 0 Å². The van der Waals surface area contributed by atoms with Crippen molar-refractivity contribution in [1.29, 1.82) is 0 Å². The largest absolute Gasteiger partial charge is 0.481 e. The predicted molar refractivity (Wildman–Crippen MR) is 291 cm³/mol. The van der Waals surface area contributed by atoms with Gasteiger partial charge in [-0.2, -0.15) is 0 Å². The maximum absolute atomic E-state index is 14.2. The van der Waals surface area contributed by atoms with Gasteiger partial charge in [0.2, 0.25) is 11.8 Å². The minimum Gasteiger partial charge on any atom is -0.481 e. The first kappa shape index (κ1) is 68.5. The second kappa shape index (κ2) is 34.7. The molecule has 404 valence electrons. The number of unbranched alkanes of at least 4 members (excludes halogenated alkanes) is 6. The van der Waals surface area contributed by atoms with E-state index >= 15 is 0 Å². The fraction of sp³-hybridized carbons (Fsp3) is 0.627. The number of nitrogens with zero attached hydrogens (tertiary/aromatic N) is 1. The van der Waals surface area contributed by atoms with Gasteiger partial charge in [0, 0.05) is 25.5 Å². The molecule has 4 N–H and O–H groups in total. The lowest BCUT2D eigenvalue weighted by molar-refractivity contribution is -0.153. The minimum absolute atomic E-state index is 0. The molecular formula is C59H98N2O10. The highest BCUT2D eigenvalue weighted by Crippen LogP contribution is 2.37. The van der Waals surface area contributed by atoms with Gasteiger partial charge in [0.25, 0.3) is 0 Å². The molecule has 0 fully saturated rings. The molecule has 0 saturated carbocycles. The first-order valence-electron chi connectivity index (χ1n) is 25.0. The number of carboxylic acids is 2. The van der Waals surface area contributed by atoms with E-state index in [1.165, 1.54) is 24.2 Å². The highest BCUT2D eigenvalue weighted by molar-refractivity contribution is 5.89. The number of ether oxygens (including phenoxy) is 3. The van der Waals surface area contributed by atoms with Gasteiger partial charge in [0.05, 0.1) is 49.0 Å². The second-order valence-corrected chi connectivity index (χ2v) is 21.3. The van der Waals surface area contributed by atoms with Gasteiger partial charge in [-0.3, -0.25) is 14.4 Å². The lowest BCUT2D eigenvalue weighted by atomic mass is 9.77. The van der Waals surface area contributed by atoms with E-state index in [4.69, 9.17) is 24.4 Å². The van der Waals surface area contributed by atoms with E-state index < -0.39 is 35.3 Å². The average molecular weight is 995 g/mol. The molecule has 0 aromatic heterocycles. The molecule has 2 amide bonds. The van der Waals surface area contributed by atoms with Crippen LogP contribution in [-0.2, 0) is 38.9 Å². The predicted octanol–water partition coefficient (Wildman–Crippen LogP) is 12.6. The zero-order valence-corrected chi connectivity index (χ0v) is 44.5. The average Bonchev–Trinajstić information content (AvgIpc) is 3.29. The van der Waals surface area contributed by atoms with Crippen LogP contribution < -0.4 is 5.32 Å². The van der Waals surface area contributed by atoms with Crippen LogP contribution in [0, 0.1) is 17.8 Å². The standard InChI is InChI=1S/C41H56N2O5.C8H16O3.C8H18O2.2CH4/c1-6-7-8-9-10-11-21-28-38(45)43(30-32(2)31-48-40(3,4)5)36(39(46)47)29-37(44)42-41(33-22-15-12-16-23-33,34-24-17-13-18-25-34)35-26-19-14-20-27-35;1-6(7(9)10)5-11-8(2,3)4;1-7(5-9)6-10-8(2,3)4;;/h12-20,22-27,32,36H,6-11,21,28-31H2,1-5H3,(H,42,44)(H,46,47);6H,5H2,1-4H3,(H,9,10);7,9H,5-6H2,1-4H3;2*1H4/t32-,36+;6-;7-;;/m101../s1. The summed E-state index contributed by atoms with van der Waals surface area (Å²) in [6, 6.07) is 27.8. The SMILES string of the molecule is C.C.CCCCCCCCCC(=O)N(C[C@@H](C)COC(C)(C)C)[C@@H](CC(=O)NC(c1ccccc1)(c1ccccc1)c1ccccc1)C(=O)O.C[C@@H](COC(C)(C)C)C(=O)O.C[C@H](CO)COC(C)(C)C. The minimum atomic E-state index is -1.33. The summed E-state index contributed by atoms with van der Waals surface area (Å²) in [5.41, 5.74) is 0.715. The summed E-state index contributed by atoms with van der Waals surface area (Å²) in [5.74, 6) is -3.03. The summed E-state index contributed by atoms with van der Waals surface area (Å²) in [4.78, 5) is 52.7. The second-order valence-electron chi connectivity index (χ2n) is 21.3. The molecule has 0 heterocycles. The highest BCUT2D eigenvalue weighted by Gasteiger charge is 2.40. The van der Waals surface area contributed by atoms with Crippen molar-refractivity contribution in [3.05, 3.63) is 108 Å². The zero-order chi connectivity index (χ0) is 52.3. The van der Waals surface area contributed by atoms with E-state index in [2.05, 4.69) is 12.2 Å². The summed E-state index contributed by atoms with van der Waals surface area (Å²) in [5, 5.41) is 31.0. The molecule has 0 saturated heterocycles. The first-order valence-corrected chi connectivity index (χ1v) is 25.0. The molecule has 3 aromatic rings. The van der Waals surface area contributed by atoms with Crippen LogP contribution in [0.2, 0.25) is 0 Å². The van der Waals surface area contributed by atoms with Crippen molar-refractivity contribution in [2.24, 2.45) is 17.8 Å². The van der Waals surface area contributed by atoms with E-state index in [-0.39, 0.29) is 82.0 Å². The van der Waals surface area contributed by atoms with Gasteiger partial charge in [-0.05, 0) is 98.3 Å². The molecule has 0 aliphatic carbocycles. The van der Waals surface area contributed by atoms with Crippen LogP contribution in [0.3, 0.4) is 0 Å². The van der Waals surface area contributed by atoms with Gasteiger partial charge < -0.3 is 39.7 Å². The van der Waals surface area contributed by atoms with Crippen molar-refractivity contribution in [2.45, 2.75) is 191 Å². The fourth-order valence-corrected chi connectivity index (χ4v) is 7.00. The van der Waals surface area contributed by atoms with Crippen molar-refractivity contribution in [3.63, 3.8) is 0 Å². The number of rotatable bonds is 26. The molecule has 0 aliphatic rings. The van der Waals surface area contributed by atoms with Gasteiger partial charge in [0.15, 0.2) is 0 Å². The molecule has 4 atom stereocenters. The third kappa shape index (κ3) is 28.9. The highest BCUT2D eigenvalue weighted by atomic mass is 16.5. The number of aliphatic carboxylic acids is 2. The maximum atomic E-state index is 14.2. The number of carbonyl (C=O) groups excluding carboxylic acids is 2. The Kier molecular flexibility index (Phi) is 33.5. The smallest absolute Gasteiger partial charge is 0.326 e. The number of hydrogen-bond donors (Lipinski definition) is 4.